The Hall–Kier alpha value is -3.01. The molecule has 0 rings (SSSR count). The van der Waals surface area contributed by atoms with Crippen LogP contribution < -0.4 is 5.11 Å². The van der Waals surface area contributed by atoms with Crippen LogP contribution in [0.1, 0.15) is 354 Å². The van der Waals surface area contributed by atoms with Gasteiger partial charge in [0.05, 0.1) is 40.3 Å². The highest BCUT2D eigenvalue weighted by Crippen LogP contribution is 2.19. The minimum absolute atomic E-state index is 0.148. The van der Waals surface area contributed by atoms with Crippen LogP contribution in [0, 0.1) is 0 Å². The Morgan fingerprint density at radius 1 is 0.360 bits per heavy atom. The van der Waals surface area contributed by atoms with Gasteiger partial charge in [0.25, 0.3) is 0 Å². The van der Waals surface area contributed by atoms with E-state index in [0.29, 0.717) is 23.9 Å². The summed E-state index contributed by atoms with van der Waals surface area (Å²) in [5.74, 6) is -2.26. The maximum atomic E-state index is 12.9. The van der Waals surface area contributed by atoms with Crippen LogP contribution in [0.25, 0.3) is 0 Å². The van der Waals surface area contributed by atoms with E-state index in [1.807, 2.05) is 21.1 Å². The molecule has 0 aromatic rings. The molecule has 86 heavy (non-hydrogen) atoms. The third kappa shape index (κ3) is 68.5. The average Bonchev–Trinajstić information content (AvgIpc) is 3.64. The van der Waals surface area contributed by atoms with Crippen LogP contribution >= 0.6 is 0 Å². The first-order valence-electron chi connectivity index (χ1n) is 36.9. The summed E-state index contributed by atoms with van der Waals surface area (Å²) < 4.78 is 22.8. The van der Waals surface area contributed by atoms with Crippen LogP contribution in [-0.4, -0.2) is 82.3 Å². The van der Waals surface area contributed by atoms with Gasteiger partial charge in [0, 0.05) is 12.8 Å². The summed E-state index contributed by atoms with van der Waals surface area (Å²) in [5.41, 5.74) is 0. The fraction of sp³-hybridized carbons (Fsp3) is 0.831. The van der Waals surface area contributed by atoms with Gasteiger partial charge >= 0.3 is 11.9 Å². The van der Waals surface area contributed by atoms with Gasteiger partial charge in [0.1, 0.15) is 13.2 Å². The standard InChI is InChI=1S/C77H141NO8/c1-6-8-10-12-14-16-18-20-22-24-26-28-30-32-34-36-37-38-40-41-43-45-47-49-51-53-55-57-59-61-63-65-67-74(79)84-71-73(72-85-77(76(81)82)83-70-69-78(3,4)5)86-75(80)68-66-64-62-60-58-56-54-52-50-48-46-44-42-39-35-33-31-29-27-25-23-21-19-17-15-13-11-9-7-2/h9,11,15,17,21,23,27,29,33,35,73,77H,6-8,10,12-14,16,18-20,22,24-26,28,30-32,34,36-72H2,1-5H3/b11-9-,17-15-,23-21-,29-27-,35-33-. The normalized spacial score (nSPS) is 13.0. The molecule has 9 nitrogen and oxygen atoms in total. The molecule has 0 bridgehead atoms. The lowest BCUT2D eigenvalue weighted by Gasteiger charge is -2.26. The molecule has 0 aromatic carbocycles. The molecule has 0 aliphatic heterocycles. The lowest BCUT2D eigenvalue weighted by molar-refractivity contribution is -0.870. The molecule has 2 atom stereocenters. The molecule has 0 fully saturated rings. The fourth-order valence-electron chi connectivity index (χ4n) is 10.9. The number of aliphatic carboxylic acids is 1. The molecule has 0 aliphatic rings. The topological polar surface area (TPSA) is 111 Å². The molecular weight excluding hydrogens is 1070 g/mol. The smallest absolute Gasteiger partial charge is 0.306 e. The van der Waals surface area contributed by atoms with Crippen LogP contribution in [0.4, 0.5) is 0 Å². The highest BCUT2D eigenvalue weighted by atomic mass is 16.7. The van der Waals surface area contributed by atoms with Crippen molar-refractivity contribution in [2.75, 3.05) is 47.5 Å². The van der Waals surface area contributed by atoms with E-state index >= 15 is 0 Å². The molecule has 502 valence electrons. The number of unbranched alkanes of at least 4 members (excludes halogenated alkanes) is 44. The first-order chi connectivity index (χ1) is 42.1. The minimum Gasteiger partial charge on any atom is -0.545 e. The third-order valence-electron chi connectivity index (χ3n) is 16.5. The summed E-state index contributed by atoms with van der Waals surface area (Å²) in [4.78, 5) is 37.5. The Balaban J connectivity index is 4.04. The van der Waals surface area contributed by atoms with Gasteiger partial charge in [0.2, 0.25) is 0 Å². The van der Waals surface area contributed by atoms with Crippen molar-refractivity contribution in [1.29, 1.82) is 0 Å². The molecule has 0 saturated heterocycles. The van der Waals surface area contributed by atoms with E-state index in [0.717, 1.165) is 70.6 Å². The molecule has 2 unspecified atom stereocenters. The van der Waals surface area contributed by atoms with Crippen molar-refractivity contribution in [2.24, 2.45) is 0 Å². The highest BCUT2D eigenvalue weighted by Gasteiger charge is 2.22. The second-order valence-electron chi connectivity index (χ2n) is 26.2. The summed E-state index contributed by atoms with van der Waals surface area (Å²) in [6, 6.07) is 0. The van der Waals surface area contributed by atoms with E-state index in [4.69, 9.17) is 18.9 Å². The van der Waals surface area contributed by atoms with E-state index in [-0.39, 0.29) is 32.2 Å². The summed E-state index contributed by atoms with van der Waals surface area (Å²) >= 11 is 0. The molecule has 0 heterocycles. The second-order valence-corrected chi connectivity index (χ2v) is 26.2. The number of rotatable bonds is 69. The van der Waals surface area contributed by atoms with Gasteiger partial charge in [0.15, 0.2) is 12.4 Å². The molecule has 0 amide bonds. The second kappa shape index (κ2) is 67.9. The molecule has 0 aliphatic carbocycles. The monoisotopic (exact) mass is 1210 g/mol. The van der Waals surface area contributed by atoms with Gasteiger partial charge in [-0.05, 0) is 57.8 Å². The number of carbonyl (C=O) groups excluding carboxylic acids is 3. The zero-order chi connectivity index (χ0) is 62.6. The van der Waals surface area contributed by atoms with Gasteiger partial charge in [-0.15, -0.1) is 0 Å². The van der Waals surface area contributed by atoms with Crippen molar-refractivity contribution in [1.82, 2.24) is 0 Å². The van der Waals surface area contributed by atoms with Crippen LogP contribution in [0.15, 0.2) is 60.8 Å². The summed E-state index contributed by atoms with van der Waals surface area (Å²) in [5, 5.41) is 11.8. The van der Waals surface area contributed by atoms with Crippen LogP contribution in [0.2, 0.25) is 0 Å². The van der Waals surface area contributed by atoms with Crippen LogP contribution in [-0.2, 0) is 33.3 Å². The van der Waals surface area contributed by atoms with Gasteiger partial charge in [-0.3, -0.25) is 9.59 Å². The van der Waals surface area contributed by atoms with Crippen molar-refractivity contribution < 1.29 is 42.9 Å². The zero-order valence-electron chi connectivity index (χ0n) is 57.4. The van der Waals surface area contributed by atoms with E-state index in [1.165, 1.54) is 250 Å². The largest absolute Gasteiger partial charge is 0.545 e. The number of likely N-dealkylation sites (N-methyl/N-ethyl adjacent to an activating group) is 1. The highest BCUT2D eigenvalue weighted by molar-refractivity contribution is 5.70. The Morgan fingerprint density at radius 2 is 0.663 bits per heavy atom. The lowest BCUT2D eigenvalue weighted by Crippen LogP contribution is -2.44. The maximum Gasteiger partial charge on any atom is 0.306 e. The minimum atomic E-state index is -1.62. The third-order valence-corrected chi connectivity index (χ3v) is 16.5. The Bertz CT molecular complexity index is 1600. The predicted molar refractivity (Wildman–Crippen MR) is 366 cm³/mol. The maximum absolute atomic E-state index is 12.9. The SMILES string of the molecule is CC/C=C\C/C=C\C/C=C\C/C=C\C/C=C\CCCCCCCCCCCCCCCC(=O)OC(COC(=O)CCCCCCCCCCCCCCCCCCCCCCCCCCCCCCCCCC)COC(OCC[N+](C)(C)C)C(=O)[O-]. The Labute approximate surface area is 533 Å². The lowest BCUT2D eigenvalue weighted by atomic mass is 10.0. The number of hydrogen-bond donors (Lipinski definition) is 0. The van der Waals surface area contributed by atoms with Crippen LogP contribution in [0.5, 0.6) is 0 Å². The zero-order valence-corrected chi connectivity index (χ0v) is 57.4. The van der Waals surface area contributed by atoms with E-state index in [1.54, 1.807) is 0 Å². The molecule has 0 N–H and O–H groups in total. The number of hydrogen-bond acceptors (Lipinski definition) is 8. The number of quaternary nitrogens is 1. The number of allylic oxidation sites excluding steroid dienone is 10. The quantitative estimate of drug-likeness (QED) is 0.0195. The van der Waals surface area contributed by atoms with Crippen LogP contribution in [0.3, 0.4) is 0 Å². The number of carboxylic acid groups (broad SMARTS) is 1. The number of carbonyl (C=O) groups is 3. The molecule has 0 aromatic heterocycles. The molecule has 0 radical (unpaired) electrons. The molecule has 0 saturated carbocycles. The number of esters is 2. The first kappa shape index (κ1) is 83.0. The van der Waals surface area contributed by atoms with Gasteiger partial charge in [-0.2, -0.15) is 0 Å². The number of carboxylic acids is 1. The number of ether oxygens (including phenoxy) is 4. The fourth-order valence-corrected chi connectivity index (χ4v) is 10.9. The summed E-state index contributed by atoms with van der Waals surface area (Å²) in [6.07, 6.45) is 86.1. The van der Waals surface area contributed by atoms with E-state index < -0.39 is 24.3 Å². The van der Waals surface area contributed by atoms with Gasteiger partial charge in [-0.1, -0.05) is 344 Å². The molecule has 0 spiro atoms. The average molecular weight is 1210 g/mol. The van der Waals surface area contributed by atoms with Gasteiger partial charge < -0.3 is 33.3 Å². The van der Waals surface area contributed by atoms with E-state index in [9.17, 15) is 19.5 Å². The summed E-state index contributed by atoms with van der Waals surface area (Å²) in [7, 11) is 5.94. The number of nitrogens with zero attached hydrogens (tertiary/aromatic N) is 1. The Morgan fingerprint density at radius 3 is 0.988 bits per heavy atom. The van der Waals surface area contributed by atoms with Crippen molar-refractivity contribution in [2.45, 2.75) is 367 Å². The van der Waals surface area contributed by atoms with Crippen molar-refractivity contribution >= 4 is 17.9 Å². The molecular formula is C77H141NO8. The molecule has 9 heteroatoms. The Kier molecular flexibility index (Phi) is 65.5. The summed E-state index contributed by atoms with van der Waals surface area (Å²) in [6.45, 7) is 4.69. The van der Waals surface area contributed by atoms with Crippen molar-refractivity contribution in [3.63, 3.8) is 0 Å². The van der Waals surface area contributed by atoms with Crippen molar-refractivity contribution in [3.05, 3.63) is 60.8 Å². The van der Waals surface area contributed by atoms with Crippen molar-refractivity contribution in [3.8, 4) is 0 Å². The first-order valence-corrected chi connectivity index (χ1v) is 36.9. The van der Waals surface area contributed by atoms with E-state index in [2.05, 4.69) is 74.6 Å². The predicted octanol–water partition coefficient (Wildman–Crippen LogP) is 21.8. The van der Waals surface area contributed by atoms with Gasteiger partial charge in [-0.25, -0.2) is 0 Å².